The number of hydrogen-bond acceptors (Lipinski definition) is 4. The van der Waals surface area contributed by atoms with Crippen molar-refractivity contribution in [1.29, 1.82) is 0 Å². The Balaban J connectivity index is 2.34. The molecule has 0 aliphatic rings. The predicted molar refractivity (Wildman–Crippen MR) is 102 cm³/mol. The van der Waals surface area contributed by atoms with Gasteiger partial charge in [0.05, 0.1) is 10.7 Å². The number of aliphatic imine (C=N–C) groups is 1. The summed E-state index contributed by atoms with van der Waals surface area (Å²) in [5.74, 6) is 2.15. The lowest BCUT2D eigenvalue weighted by atomic mass is 10.3. The lowest BCUT2D eigenvalue weighted by Crippen LogP contribution is -2.38. The number of hydrogen-bond donors (Lipinski definition) is 2. The Morgan fingerprint density at radius 1 is 1.27 bits per heavy atom. The molecule has 0 bridgehead atoms. The fraction of sp³-hybridized carbons (Fsp3) is 0.750. The van der Waals surface area contributed by atoms with E-state index in [9.17, 15) is 0 Å². The van der Waals surface area contributed by atoms with Gasteiger partial charge in [-0.1, -0.05) is 6.92 Å². The van der Waals surface area contributed by atoms with Gasteiger partial charge >= 0.3 is 0 Å². The van der Waals surface area contributed by atoms with E-state index in [0.717, 1.165) is 44.9 Å². The standard InChI is InChI=1S/C16H30N4S2/c1-5-14-13(3)22-15(20-14)9-11-19-16(17-6-2)18-10-7-8-12-21-4/h5-12H2,1-4H3,(H2,17,18,19). The summed E-state index contributed by atoms with van der Waals surface area (Å²) in [7, 11) is 0. The topological polar surface area (TPSA) is 49.3 Å². The van der Waals surface area contributed by atoms with Crippen LogP contribution in [0.2, 0.25) is 0 Å². The summed E-state index contributed by atoms with van der Waals surface area (Å²) in [5, 5.41) is 7.93. The van der Waals surface area contributed by atoms with Gasteiger partial charge in [-0.15, -0.1) is 11.3 Å². The molecule has 0 amide bonds. The van der Waals surface area contributed by atoms with Crippen molar-refractivity contribution in [3.8, 4) is 0 Å². The Morgan fingerprint density at radius 2 is 2.09 bits per heavy atom. The number of thiazole rings is 1. The van der Waals surface area contributed by atoms with Gasteiger partial charge in [0, 0.05) is 30.9 Å². The van der Waals surface area contributed by atoms with Crippen molar-refractivity contribution < 1.29 is 0 Å². The van der Waals surface area contributed by atoms with Crippen LogP contribution in [0.25, 0.3) is 0 Å². The molecular formula is C16H30N4S2. The molecule has 0 atom stereocenters. The predicted octanol–water partition coefficient (Wildman–Crippen LogP) is 3.25. The SMILES string of the molecule is CCNC(=NCCCCSC)NCCc1nc(CC)c(C)s1. The lowest BCUT2D eigenvalue weighted by molar-refractivity contribution is 0.768. The fourth-order valence-corrected chi connectivity index (χ4v) is 3.62. The van der Waals surface area contributed by atoms with Gasteiger partial charge in [0.1, 0.15) is 0 Å². The van der Waals surface area contributed by atoms with Crippen LogP contribution in [0, 0.1) is 6.92 Å². The van der Waals surface area contributed by atoms with Gasteiger partial charge in [-0.3, -0.25) is 4.99 Å². The second kappa shape index (κ2) is 11.8. The Hall–Kier alpha value is -0.750. The molecule has 0 saturated carbocycles. The summed E-state index contributed by atoms with van der Waals surface area (Å²) in [6, 6.07) is 0. The quantitative estimate of drug-likeness (QED) is 0.389. The molecule has 0 unspecified atom stereocenters. The van der Waals surface area contributed by atoms with Gasteiger partial charge in [-0.2, -0.15) is 11.8 Å². The number of rotatable bonds is 10. The van der Waals surface area contributed by atoms with E-state index >= 15 is 0 Å². The van der Waals surface area contributed by atoms with E-state index in [1.54, 1.807) is 0 Å². The minimum absolute atomic E-state index is 0.882. The third-order valence-corrected chi connectivity index (χ3v) is 5.04. The fourth-order valence-electron chi connectivity index (χ4n) is 2.10. The van der Waals surface area contributed by atoms with Gasteiger partial charge in [0.25, 0.3) is 0 Å². The second-order valence-electron chi connectivity index (χ2n) is 5.10. The minimum Gasteiger partial charge on any atom is -0.357 e. The first kappa shape index (κ1) is 19.3. The largest absolute Gasteiger partial charge is 0.357 e. The molecule has 1 aromatic heterocycles. The minimum atomic E-state index is 0.882. The zero-order valence-corrected chi connectivity index (χ0v) is 16.0. The zero-order valence-electron chi connectivity index (χ0n) is 14.4. The first-order valence-corrected chi connectivity index (χ1v) is 10.4. The molecule has 0 aliphatic heterocycles. The molecule has 6 heteroatoms. The molecule has 0 saturated heterocycles. The second-order valence-corrected chi connectivity index (χ2v) is 7.37. The molecule has 1 aromatic rings. The monoisotopic (exact) mass is 342 g/mol. The van der Waals surface area contributed by atoms with Crippen LogP contribution in [0.4, 0.5) is 0 Å². The van der Waals surface area contributed by atoms with E-state index in [2.05, 4.69) is 47.6 Å². The molecule has 22 heavy (non-hydrogen) atoms. The van der Waals surface area contributed by atoms with Crippen LogP contribution >= 0.6 is 23.1 Å². The Morgan fingerprint density at radius 3 is 2.73 bits per heavy atom. The molecule has 0 fully saturated rings. The van der Waals surface area contributed by atoms with E-state index in [4.69, 9.17) is 0 Å². The highest BCUT2D eigenvalue weighted by atomic mass is 32.2. The molecule has 0 aromatic carbocycles. The van der Waals surface area contributed by atoms with E-state index in [0.29, 0.717) is 0 Å². The smallest absolute Gasteiger partial charge is 0.191 e. The highest BCUT2D eigenvalue weighted by Crippen LogP contribution is 2.17. The molecular weight excluding hydrogens is 312 g/mol. The summed E-state index contributed by atoms with van der Waals surface area (Å²) in [5.41, 5.74) is 1.24. The van der Waals surface area contributed by atoms with E-state index in [1.165, 1.54) is 27.8 Å². The van der Waals surface area contributed by atoms with Gasteiger partial charge in [0.15, 0.2) is 5.96 Å². The Bertz CT molecular complexity index is 443. The normalized spacial score (nSPS) is 11.7. The molecule has 1 heterocycles. The highest BCUT2D eigenvalue weighted by molar-refractivity contribution is 7.98. The number of guanidine groups is 1. The molecule has 2 N–H and O–H groups in total. The van der Waals surface area contributed by atoms with Crippen LogP contribution in [-0.4, -0.2) is 42.6 Å². The third-order valence-electron chi connectivity index (χ3n) is 3.27. The number of nitrogens with zero attached hydrogens (tertiary/aromatic N) is 2. The summed E-state index contributed by atoms with van der Waals surface area (Å²) in [6.07, 6.45) is 6.53. The molecule has 0 aliphatic carbocycles. The average Bonchev–Trinajstić information content (AvgIpc) is 2.87. The number of thioether (sulfide) groups is 1. The van der Waals surface area contributed by atoms with Crippen LogP contribution in [0.3, 0.4) is 0 Å². The first-order valence-electron chi connectivity index (χ1n) is 8.17. The molecule has 126 valence electrons. The summed E-state index contributed by atoms with van der Waals surface area (Å²) >= 11 is 3.72. The maximum Gasteiger partial charge on any atom is 0.191 e. The van der Waals surface area contributed by atoms with Crippen molar-refractivity contribution in [2.45, 2.75) is 46.5 Å². The van der Waals surface area contributed by atoms with Crippen molar-refractivity contribution in [3.05, 3.63) is 15.6 Å². The van der Waals surface area contributed by atoms with Gasteiger partial charge in [0.2, 0.25) is 0 Å². The number of unbranched alkanes of at least 4 members (excludes halogenated alkanes) is 1. The maximum absolute atomic E-state index is 4.68. The van der Waals surface area contributed by atoms with Crippen LogP contribution in [0.5, 0.6) is 0 Å². The van der Waals surface area contributed by atoms with E-state index < -0.39 is 0 Å². The van der Waals surface area contributed by atoms with Crippen LogP contribution in [-0.2, 0) is 12.8 Å². The number of nitrogens with one attached hydrogen (secondary N) is 2. The molecule has 0 spiro atoms. The van der Waals surface area contributed by atoms with Crippen molar-refractivity contribution in [1.82, 2.24) is 15.6 Å². The molecule has 4 nitrogen and oxygen atoms in total. The van der Waals surface area contributed by atoms with Gasteiger partial charge in [-0.25, -0.2) is 4.98 Å². The first-order chi connectivity index (χ1) is 10.7. The highest BCUT2D eigenvalue weighted by Gasteiger charge is 2.06. The Kier molecular flexibility index (Phi) is 10.3. The van der Waals surface area contributed by atoms with Crippen molar-refractivity contribution in [2.24, 2.45) is 4.99 Å². The molecule has 1 rings (SSSR count). The summed E-state index contributed by atoms with van der Waals surface area (Å²) in [4.78, 5) is 10.7. The lowest BCUT2D eigenvalue weighted by Gasteiger charge is -2.10. The average molecular weight is 343 g/mol. The number of aryl methyl sites for hydroxylation is 2. The summed E-state index contributed by atoms with van der Waals surface area (Å²) < 4.78 is 0. The zero-order chi connectivity index (χ0) is 16.2. The summed E-state index contributed by atoms with van der Waals surface area (Å²) in [6.45, 7) is 9.10. The van der Waals surface area contributed by atoms with E-state index in [1.807, 2.05) is 23.1 Å². The molecule has 0 radical (unpaired) electrons. The van der Waals surface area contributed by atoms with Crippen molar-refractivity contribution >= 4 is 29.1 Å². The van der Waals surface area contributed by atoms with Crippen molar-refractivity contribution in [3.63, 3.8) is 0 Å². The van der Waals surface area contributed by atoms with Gasteiger partial charge in [-0.05, 0) is 45.1 Å². The van der Waals surface area contributed by atoms with Crippen molar-refractivity contribution in [2.75, 3.05) is 31.6 Å². The van der Waals surface area contributed by atoms with Gasteiger partial charge < -0.3 is 10.6 Å². The van der Waals surface area contributed by atoms with E-state index in [-0.39, 0.29) is 0 Å². The van der Waals surface area contributed by atoms with Crippen LogP contribution in [0.1, 0.15) is 42.3 Å². The van der Waals surface area contributed by atoms with Crippen LogP contribution in [0.15, 0.2) is 4.99 Å². The third kappa shape index (κ3) is 7.49. The van der Waals surface area contributed by atoms with Crippen LogP contribution < -0.4 is 10.6 Å². The number of aromatic nitrogens is 1. The maximum atomic E-state index is 4.68. The Labute approximate surface area is 143 Å².